The summed E-state index contributed by atoms with van der Waals surface area (Å²) >= 11 is 6.76. The summed E-state index contributed by atoms with van der Waals surface area (Å²) in [5, 5.41) is 8.67. The van der Waals surface area contributed by atoms with Crippen LogP contribution in [0.3, 0.4) is 0 Å². The van der Waals surface area contributed by atoms with Crippen LogP contribution in [0.2, 0.25) is 5.02 Å². The number of rotatable bonds is 6. The molecule has 0 unspecified atom stereocenters. The monoisotopic (exact) mass is 454 g/mol. The summed E-state index contributed by atoms with van der Waals surface area (Å²) in [6.07, 6.45) is -4.63. The number of amides is 1. The zero-order chi connectivity index (χ0) is 21.9. The molecule has 0 aliphatic heterocycles. The van der Waals surface area contributed by atoms with Crippen molar-refractivity contribution in [3.8, 4) is 0 Å². The normalized spacial score (nSPS) is 12.8. The predicted octanol–water partition coefficient (Wildman–Crippen LogP) is 6.07. The van der Waals surface area contributed by atoms with E-state index in [0.29, 0.717) is 16.5 Å². The molecule has 1 amide bonds. The molecule has 2 N–H and O–H groups in total. The molecule has 0 saturated heterocycles. The summed E-state index contributed by atoms with van der Waals surface area (Å²) < 4.78 is 39.4. The summed E-state index contributed by atoms with van der Waals surface area (Å²) in [5.41, 5.74) is -0.349. The Balaban J connectivity index is 1.87. The van der Waals surface area contributed by atoms with Crippen molar-refractivity contribution in [2.45, 2.75) is 36.3 Å². The van der Waals surface area contributed by atoms with Crippen molar-refractivity contribution in [1.29, 1.82) is 0 Å². The molecule has 3 rings (SSSR count). The average molecular weight is 455 g/mol. The molecular weight excluding hydrogens is 437 g/mol. The quantitative estimate of drug-likeness (QED) is 0.443. The molecular formula is C20H18ClF3N4OS. The van der Waals surface area contributed by atoms with Crippen molar-refractivity contribution in [3.05, 3.63) is 70.5 Å². The Kier molecular flexibility index (Phi) is 6.72. The van der Waals surface area contributed by atoms with Gasteiger partial charge in [-0.15, -0.1) is 5.10 Å². The van der Waals surface area contributed by atoms with Gasteiger partial charge in [0, 0.05) is 11.6 Å². The first-order valence-electron chi connectivity index (χ1n) is 8.96. The Morgan fingerprint density at radius 2 is 1.87 bits per heavy atom. The van der Waals surface area contributed by atoms with Gasteiger partial charge in [-0.2, -0.15) is 13.2 Å². The highest BCUT2D eigenvalue weighted by atomic mass is 35.5. The van der Waals surface area contributed by atoms with Crippen molar-refractivity contribution in [3.63, 3.8) is 0 Å². The fourth-order valence-electron chi connectivity index (χ4n) is 2.60. The minimum Gasteiger partial charge on any atom is -0.325 e. The first-order valence-corrected chi connectivity index (χ1v) is 10.2. The number of carbonyl (C=O) groups is 1. The number of halogens is 4. The van der Waals surface area contributed by atoms with Gasteiger partial charge in [-0.3, -0.25) is 9.89 Å². The molecule has 1 aromatic heterocycles. The number of aromatic nitrogens is 3. The maximum absolute atomic E-state index is 13.1. The van der Waals surface area contributed by atoms with Crippen LogP contribution >= 0.6 is 23.4 Å². The van der Waals surface area contributed by atoms with Gasteiger partial charge < -0.3 is 5.32 Å². The highest BCUT2D eigenvalue weighted by Gasteiger charge is 2.34. The van der Waals surface area contributed by atoms with E-state index in [0.717, 1.165) is 23.9 Å². The molecule has 0 aliphatic carbocycles. The third-order valence-electron chi connectivity index (χ3n) is 4.13. The first kappa shape index (κ1) is 22.2. The van der Waals surface area contributed by atoms with E-state index in [1.54, 1.807) is 24.3 Å². The number of anilines is 1. The maximum Gasteiger partial charge on any atom is 0.417 e. The molecule has 0 spiro atoms. The minimum atomic E-state index is -4.63. The van der Waals surface area contributed by atoms with E-state index in [1.165, 1.54) is 6.07 Å². The van der Waals surface area contributed by atoms with Gasteiger partial charge in [-0.05, 0) is 23.8 Å². The number of nitrogens with zero attached hydrogens (tertiary/aromatic N) is 2. The van der Waals surface area contributed by atoms with E-state index in [2.05, 4.69) is 20.5 Å². The lowest BCUT2D eigenvalue weighted by atomic mass is 10.1. The lowest BCUT2D eigenvalue weighted by molar-refractivity contribution is -0.137. The number of alkyl halides is 3. The van der Waals surface area contributed by atoms with Crippen LogP contribution in [0.5, 0.6) is 0 Å². The van der Waals surface area contributed by atoms with Gasteiger partial charge in [0.25, 0.3) is 0 Å². The fraction of sp³-hybridized carbons (Fsp3) is 0.250. The molecule has 0 aliphatic rings. The maximum atomic E-state index is 13.1. The van der Waals surface area contributed by atoms with E-state index in [4.69, 9.17) is 11.6 Å². The first-order chi connectivity index (χ1) is 14.1. The van der Waals surface area contributed by atoms with Crippen LogP contribution in [0.15, 0.2) is 53.7 Å². The van der Waals surface area contributed by atoms with Gasteiger partial charge in [0.05, 0.1) is 10.6 Å². The molecule has 3 aromatic rings. The minimum absolute atomic E-state index is 0.00360. The lowest BCUT2D eigenvalue weighted by Crippen LogP contribution is -2.19. The number of hydrogen-bond donors (Lipinski definition) is 2. The molecule has 30 heavy (non-hydrogen) atoms. The zero-order valence-electron chi connectivity index (χ0n) is 16.0. The van der Waals surface area contributed by atoms with Gasteiger partial charge in [0.1, 0.15) is 11.1 Å². The van der Waals surface area contributed by atoms with Crippen LogP contribution in [-0.2, 0) is 11.0 Å². The van der Waals surface area contributed by atoms with E-state index >= 15 is 0 Å². The standard InChI is InChI=1S/C20H18ClF3N4OS/c1-11(2)17-26-19(28-27-17)30-16(12-6-4-3-5-7-12)18(29)25-13-8-9-15(21)14(10-13)20(22,23)24/h3-11,16H,1-2H3,(H,25,29)(H,26,27,28)/t16-/m1/s1. The Morgan fingerprint density at radius 3 is 2.47 bits per heavy atom. The third kappa shape index (κ3) is 5.34. The highest BCUT2D eigenvalue weighted by molar-refractivity contribution is 8.00. The Labute approximate surface area is 180 Å². The van der Waals surface area contributed by atoms with Gasteiger partial charge in [0.15, 0.2) is 0 Å². The second kappa shape index (κ2) is 9.09. The van der Waals surface area contributed by atoms with Crippen molar-refractivity contribution >= 4 is 35.0 Å². The number of carbonyl (C=O) groups excluding carboxylic acids is 1. The molecule has 0 saturated carbocycles. The second-order valence-corrected chi connectivity index (χ2v) is 8.23. The van der Waals surface area contributed by atoms with Crippen LogP contribution in [0.4, 0.5) is 18.9 Å². The number of aromatic amines is 1. The third-order valence-corrected chi connectivity index (χ3v) is 5.58. The lowest BCUT2D eigenvalue weighted by Gasteiger charge is -2.17. The summed E-state index contributed by atoms with van der Waals surface area (Å²) in [7, 11) is 0. The number of nitrogens with one attached hydrogen (secondary N) is 2. The molecule has 0 fully saturated rings. The smallest absolute Gasteiger partial charge is 0.325 e. The summed E-state index contributed by atoms with van der Waals surface area (Å²) in [6, 6.07) is 12.1. The van der Waals surface area contributed by atoms with Crippen molar-refractivity contribution < 1.29 is 18.0 Å². The van der Waals surface area contributed by atoms with Crippen molar-refractivity contribution in [2.24, 2.45) is 0 Å². The summed E-state index contributed by atoms with van der Waals surface area (Å²) in [4.78, 5) is 17.4. The predicted molar refractivity (Wildman–Crippen MR) is 111 cm³/mol. The molecule has 0 radical (unpaired) electrons. The van der Waals surface area contributed by atoms with Crippen LogP contribution in [0.25, 0.3) is 0 Å². The molecule has 0 bridgehead atoms. The average Bonchev–Trinajstić information content (AvgIpc) is 3.16. The number of H-pyrrole nitrogens is 1. The molecule has 1 heterocycles. The number of benzene rings is 2. The number of thioether (sulfide) groups is 1. The van der Waals surface area contributed by atoms with E-state index in [-0.39, 0.29) is 11.6 Å². The molecule has 158 valence electrons. The summed E-state index contributed by atoms with van der Waals surface area (Å²) in [6.45, 7) is 3.91. The number of hydrogen-bond acceptors (Lipinski definition) is 4. The molecule has 2 aromatic carbocycles. The zero-order valence-corrected chi connectivity index (χ0v) is 17.6. The largest absolute Gasteiger partial charge is 0.417 e. The van der Waals surface area contributed by atoms with E-state index < -0.39 is 27.9 Å². The topological polar surface area (TPSA) is 70.7 Å². The molecule has 10 heteroatoms. The van der Waals surface area contributed by atoms with Crippen LogP contribution in [0.1, 0.15) is 42.0 Å². The van der Waals surface area contributed by atoms with E-state index in [1.807, 2.05) is 19.9 Å². The van der Waals surface area contributed by atoms with Gasteiger partial charge in [-0.25, -0.2) is 4.98 Å². The van der Waals surface area contributed by atoms with Crippen molar-refractivity contribution in [2.75, 3.05) is 5.32 Å². The second-order valence-electron chi connectivity index (χ2n) is 6.75. The Morgan fingerprint density at radius 1 is 1.17 bits per heavy atom. The highest BCUT2D eigenvalue weighted by Crippen LogP contribution is 2.38. The van der Waals surface area contributed by atoms with Gasteiger partial charge in [0.2, 0.25) is 11.1 Å². The molecule has 1 atom stereocenters. The van der Waals surface area contributed by atoms with E-state index in [9.17, 15) is 18.0 Å². The summed E-state index contributed by atoms with van der Waals surface area (Å²) in [5.74, 6) is 0.306. The Bertz CT molecular complexity index is 1020. The van der Waals surface area contributed by atoms with Crippen LogP contribution in [0, 0.1) is 0 Å². The van der Waals surface area contributed by atoms with Crippen LogP contribution in [-0.4, -0.2) is 21.1 Å². The van der Waals surface area contributed by atoms with Crippen molar-refractivity contribution in [1.82, 2.24) is 15.2 Å². The SMILES string of the molecule is CC(C)c1nc(S[C@@H](C(=O)Nc2ccc(Cl)c(C(F)(F)F)c2)c2ccccc2)n[nH]1. The molecule has 5 nitrogen and oxygen atoms in total. The Hall–Kier alpha value is -2.52. The fourth-order valence-corrected chi connectivity index (χ4v) is 3.75. The van der Waals surface area contributed by atoms with Gasteiger partial charge >= 0.3 is 6.18 Å². The van der Waals surface area contributed by atoms with Crippen LogP contribution < -0.4 is 5.32 Å². The van der Waals surface area contributed by atoms with Gasteiger partial charge in [-0.1, -0.05) is 67.5 Å².